The van der Waals surface area contributed by atoms with E-state index in [1.165, 1.54) is 0 Å². The monoisotopic (exact) mass is 293 g/mol. The molecule has 20 heavy (non-hydrogen) atoms. The fraction of sp³-hybridized carbons (Fsp3) is 0.429. The second-order valence-electron chi connectivity index (χ2n) is 4.67. The molecule has 0 aliphatic carbocycles. The lowest BCUT2D eigenvalue weighted by Gasteiger charge is -2.25. The predicted molar refractivity (Wildman–Crippen MR) is 82.3 cm³/mol. The molecule has 5 nitrogen and oxygen atoms in total. The molecule has 1 aromatic rings. The maximum Gasteiger partial charge on any atom is 0.240 e. The van der Waals surface area contributed by atoms with Crippen LogP contribution in [0.1, 0.15) is 19.3 Å². The highest BCUT2D eigenvalue weighted by Crippen LogP contribution is 2.29. The van der Waals surface area contributed by atoms with Gasteiger partial charge in [0.05, 0.1) is 5.25 Å². The Hall–Kier alpha value is -1.69. The Labute approximate surface area is 122 Å². The van der Waals surface area contributed by atoms with Crippen LogP contribution in [-0.2, 0) is 4.79 Å². The summed E-state index contributed by atoms with van der Waals surface area (Å²) in [6.45, 7) is 0.426. The van der Waals surface area contributed by atoms with Crippen molar-refractivity contribution in [2.24, 2.45) is 10.9 Å². The highest BCUT2D eigenvalue weighted by Gasteiger charge is 2.28. The van der Waals surface area contributed by atoms with Crippen LogP contribution in [0.5, 0.6) is 0 Å². The van der Waals surface area contributed by atoms with E-state index in [1.807, 2.05) is 30.3 Å². The summed E-state index contributed by atoms with van der Waals surface area (Å²) in [7, 11) is 0. The van der Waals surface area contributed by atoms with Crippen molar-refractivity contribution >= 4 is 29.2 Å². The molecule has 0 saturated carbocycles. The van der Waals surface area contributed by atoms with E-state index in [1.54, 1.807) is 16.7 Å². The van der Waals surface area contributed by atoms with Crippen molar-refractivity contribution < 1.29 is 10.0 Å². The number of para-hydroxylation sites is 1. The van der Waals surface area contributed by atoms with Gasteiger partial charge in [0.25, 0.3) is 0 Å². The topological polar surface area (TPSA) is 78.9 Å². The minimum atomic E-state index is 0.0301. The van der Waals surface area contributed by atoms with Crippen LogP contribution in [0, 0.1) is 0 Å². The number of amidine groups is 1. The highest BCUT2D eigenvalue weighted by atomic mass is 32.2. The van der Waals surface area contributed by atoms with Gasteiger partial charge in [0.15, 0.2) is 0 Å². The molecule has 0 bridgehead atoms. The van der Waals surface area contributed by atoms with Gasteiger partial charge in [-0.1, -0.05) is 23.4 Å². The average molecular weight is 293 g/mol. The Balaban J connectivity index is 2.13. The maximum absolute atomic E-state index is 12.6. The van der Waals surface area contributed by atoms with Gasteiger partial charge in [0.1, 0.15) is 5.84 Å². The second-order valence-corrected chi connectivity index (χ2v) is 5.98. The highest BCUT2D eigenvalue weighted by molar-refractivity contribution is 8.00. The van der Waals surface area contributed by atoms with Crippen LogP contribution in [0.2, 0.25) is 0 Å². The van der Waals surface area contributed by atoms with Crippen LogP contribution in [0.25, 0.3) is 0 Å². The lowest BCUT2D eigenvalue weighted by molar-refractivity contribution is -0.118. The number of hydrogen-bond donors (Lipinski definition) is 2. The molecule has 3 N–H and O–H groups in total. The maximum atomic E-state index is 12.6. The SMILES string of the molecule is NC(CCN(C(=O)C1CCCS1)c1ccccc1)=NO. The number of oxime groups is 1. The number of anilines is 1. The molecule has 6 heteroatoms. The van der Waals surface area contributed by atoms with Crippen LogP contribution in [0.15, 0.2) is 35.5 Å². The van der Waals surface area contributed by atoms with Crippen molar-refractivity contribution in [2.75, 3.05) is 17.2 Å². The van der Waals surface area contributed by atoms with Gasteiger partial charge in [-0.25, -0.2) is 0 Å². The van der Waals surface area contributed by atoms with E-state index in [0.29, 0.717) is 13.0 Å². The van der Waals surface area contributed by atoms with Gasteiger partial charge in [-0.2, -0.15) is 0 Å². The molecule has 0 aromatic heterocycles. The molecule has 1 unspecified atom stereocenters. The first kappa shape index (κ1) is 14.7. The van der Waals surface area contributed by atoms with Gasteiger partial charge >= 0.3 is 0 Å². The Morgan fingerprint density at radius 1 is 1.45 bits per heavy atom. The fourth-order valence-electron chi connectivity index (χ4n) is 2.20. The number of hydrogen-bond acceptors (Lipinski definition) is 4. The van der Waals surface area contributed by atoms with Gasteiger partial charge in [-0.05, 0) is 30.7 Å². The Morgan fingerprint density at radius 3 is 2.80 bits per heavy atom. The molecule has 0 radical (unpaired) electrons. The summed E-state index contributed by atoms with van der Waals surface area (Å²) in [5.41, 5.74) is 6.37. The van der Waals surface area contributed by atoms with E-state index in [9.17, 15) is 4.79 Å². The third-order valence-corrected chi connectivity index (χ3v) is 4.62. The van der Waals surface area contributed by atoms with Gasteiger partial charge in [-0.15, -0.1) is 11.8 Å². The third-order valence-electron chi connectivity index (χ3n) is 3.26. The molecule has 0 spiro atoms. The molecule has 1 atom stereocenters. The van der Waals surface area contributed by atoms with E-state index in [2.05, 4.69) is 5.16 Å². The van der Waals surface area contributed by atoms with Gasteiger partial charge in [0, 0.05) is 18.7 Å². The van der Waals surface area contributed by atoms with Crippen LogP contribution in [0.4, 0.5) is 5.69 Å². The lowest BCUT2D eigenvalue weighted by Crippen LogP contribution is -2.39. The summed E-state index contributed by atoms with van der Waals surface area (Å²) < 4.78 is 0. The normalized spacial score (nSPS) is 19.0. The zero-order valence-corrected chi connectivity index (χ0v) is 12.1. The van der Waals surface area contributed by atoms with E-state index >= 15 is 0 Å². The molecule has 1 aliphatic rings. The number of carbonyl (C=O) groups is 1. The molecule has 1 aromatic carbocycles. The first-order chi connectivity index (χ1) is 9.72. The van der Waals surface area contributed by atoms with Crippen molar-refractivity contribution in [1.29, 1.82) is 0 Å². The van der Waals surface area contributed by atoms with E-state index in [4.69, 9.17) is 10.9 Å². The standard InChI is InChI=1S/C14H19N3O2S/c15-13(16-19)8-9-17(11-5-2-1-3-6-11)14(18)12-7-4-10-20-12/h1-3,5-6,12,19H,4,7-10H2,(H2,15,16). The Kier molecular flexibility index (Phi) is 5.29. The summed E-state index contributed by atoms with van der Waals surface area (Å²) in [6.07, 6.45) is 2.37. The molecule has 1 heterocycles. The number of nitrogens with two attached hydrogens (primary N) is 1. The fourth-order valence-corrected chi connectivity index (χ4v) is 3.42. The summed E-state index contributed by atoms with van der Waals surface area (Å²) in [6, 6.07) is 9.54. The number of benzene rings is 1. The van der Waals surface area contributed by atoms with Crippen LogP contribution < -0.4 is 10.6 Å². The van der Waals surface area contributed by atoms with Crippen molar-refractivity contribution in [3.63, 3.8) is 0 Å². The van der Waals surface area contributed by atoms with E-state index in [-0.39, 0.29) is 17.0 Å². The van der Waals surface area contributed by atoms with Gasteiger partial charge in [0.2, 0.25) is 5.91 Å². The van der Waals surface area contributed by atoms with Crippen molar-refractivity contribution in [3.05, 3.63) is 30.3 Å². The zero-order valence-electron chi connectivity index (χ0n) is 11.2. The summed E-state index contributed by atoms with van der Waals surface area (Å²) in [5.74, 6) is 1.29. The molecular weight excluding hydrogens is 274 g/mol. The van der Waals surface area contributed by atoms with Crippen LogP contribution >= 0.6 is 11.8 Å². The minimum absolute atomic E-state index is 0.0301. The van der Waals surface area contributed by atoms with E-state index < -0.39 is 0 Å². The first-order valence-corrected chi connectivity index (χ1v) is 7.71. The predicted octanol–water partition coefficient (Wildman–Crippen LogP) is 2.05. The van der Waals surface area contributed by atoms with Crippen molar-refractivity contribution in [2.45, 2.75) is 24.5 Å². The summed E-state index contributed by atoms with van der Waals surface area (Å²) >= 11 is 1.71. The summed E-state index contributed by atoms with van der Waals surface area (Å²) in [5, 5.41) is 11.6. The number of thioether (sulfide) groups is 1. The average Bonchev–Trinajstić information content (AvgIpc) is 3.02. The van der Waals surface area contributed by atoms with Crippen LogP contribution in [-0.4, -0.2) is 34.5 Å². The molecule has 108 valence electrons. The lowest BCUT2D eigenvalue weighted by atomic mass is 10.2. The zero-order chi connectivity index (χ0) is 14.4. The number of rotatable bonds is 5. The number of amides is 1. The molecule has 2 rings (SSSR count). The van der Waals surface area contributed by atoms with Gasteiger partial charge < -0.3 is 15.8 Å². The molecule has 1 amide bonds. The molecule has 1 saturated heterocycles. The summed E-state index contributed by atoms with van der Waals surface area (Å²) in [4.78, 5) is 14.3. The van der Waals surface area contributed by atoms with Crippen molar-refractivity contribution in [1.82, 2.24) is 0 Å². The van der Waals surface area contributed by atoms with Gasteiger partial charge in [-0.3, -0.25) is 4.79 Å². The first-order valence-electron chi connectivity index (χ1n) is 6.67. The van der Waals surface area contributed by atoms with Crippen LogP contribution in [0.3, 0.4) is 0 Å². The second kappa shape index (κ2) is 7.19. The molecule has 1 fully saturated rings. The minimum Gasteiger partial charge on any atom is -0.409 e. The molecular formula is C14H19N3O2S. The number of carbonyl (C=O) groups excluding carboxylic acids is 1. The molecule has 1 aliphatic heterocycles. The van der Waals surface area contributed by atoms with Crippen molar-refractivity contribution in [3.8, 4) is 0 Å². The Morgan fingerprint density at radius 2 is 2.20 bits per heavy atom. The Bertz CT molecular complexity index is 473. The third kappa shape index (κ3) is 3.66. The smallest absolute Gasteiger partial charge is 0.240 e. The quantitative estimate of drug-likeness (QED) is 0.377. The number of nitrogens with zero attached hydrogens (tertiary/aromatic N) is 2. The van der Waals surface area contributed by atoms with E-state index in [0.717, 1.165) is 24.3 Å². The largest absolute Gasteiger partial charge is 0.409 e.